The van der Waals surface area contributed by atoms with Crippen molar-refractivity contribution in [3.8, 4) is 11.3 Å². The number of hydrogen-bond acceptors (Lipinski definition) is 4. The Morgan fingerprint density at radius 1 is 1.06 bits per heavy atom. The van der Waals surface area contributed by atoms with Gasteiger partial charge in [0.05, 0.1) is 11.9 Å². The van der Waals surface area contributed by atoms with Gasteiger partial charge < -0.3 is 10.2 Å². The van der Waals surface area contributed by atoms with Gasteiger partial charge in [-0.3, -0.25) is 4.79 Å². The number of carbonyl (C=O) groups is 1. The lowest BCUT2D eigenvalue weighted by molar-refractivity contribution is -0.117. The Bertz CT molecular complexity index is 1250. The van der Waals surface area contributed by atoms with Gasteiger partial charge in [0, 0.05) is 30.3 Å². The molecule has 0 spiro atoms. The fourth-order valence-corrected chi connectivity index (χ4v) is 4.21. The van der Waals surface area contributed by atoms with E-state index in [-0.39, 0.29) is 11.9 Å². The Hall–Kier alpha value is -3.67. The summed E-state index contributed by atoms with van der Waals surface area (Å²) >= 11 is 0. The molecule has 1 aliphatic rings. The van der Waals surface area contributed by atoms with E-state index in [1.54, 1.807) is 0 Å². The summed E-state index contributed by atoms with van der Waals surface area (Å²) in [5, 5.41) is 8.29. The second-order valence-corrected chi connectivity index (χ2v) is 8.06. The van der Waals surface area contributed by atoms with Crippen LogP contribution in [0.1, 0.15) is 36.9 Å². The summed E-state index contributed by atoms with van der Waals surface area (Å²) < 4.78 is 1.88. The molecule has 1 fully saturated rings. The van der Waals surface area contributed by atoms with Crippen LogP contribution in [-0.2, 0) is 4.79 Å². The van der Waals surface area contributed by atoms with E-state index in [2.05, 4.69) is 48.4 Å². The average Bonchev–Trinajstić information content (AvgIpc) is 3.40. The van der Waals surface area contributed by atoms with Gasteiger partial charge in [-0.15, -0.1) is 5.10 Å². The third kappa shape index (κ3) is 3.65. The number of anilines is 2. The summed E-state index contributed by atoms with van der Waals surface area (Å²) in [4.78, 5) is 18.5. The van der Waals surface area contributed by atoms with Crippen LogP contribution in [0.3, 0.4) is 0 Å². The fraction of sp³-hybridized carbons (Fsp3) is 0.240. The summed E-state index contributed by atoms with van der Waals surface area (Å²) in [5.74, 6) is 0.993. The second kappa shape index (κ2) is 7.87. The van der Waals surface area contributed by atoms with E-state index in [0.717, 1.165) is 46.9 Å². The van der Waals surface area contributed by atoms with Crippen molar-refractivity contribution in [2.75, 3.05) is 16.8 Å². The van der Waals surface area contributed by atoms with Crippen LogP contribution in [0.15, 0.2) is 66.9 Å². The number of rotatable bonds is 5. The van der Waals surface area contributed by atoms with Gasteiger partial charge in [0.2, 0.25) is 5.91 Å². The third-order valence-corrected chi connectivity index (χ3v) is 5.90. The molecule has 1 unspecified atom stereocenters. The van der Waals surface area contributed by atoms with Crippen molar-refractivity contribution >= 4 is 23.1 Å². The van der Waals surface area contributed by atoms with Crippen LogP contribution >= 0.6 is 0 Å². The number of fused-ring (bicyclic) bond motifs is 1. The van der Waals surface area contributed by atoms with Gasteiger partial charge in [-0.2, -0.15) is 0 Å². The molecule has 1 amide bonds. The van der Waals surface area contributed by atoms with E-state index in [9.17, 15) is 4.79 Å². The molecule has 0 radical (unpaired) electrons. The minimum absolute atomic E-state index is 0.136. The first-order chi connectivity index (χ1) is 15.1. The highest BCUT2D eigenvalue weighted by Gasteiger charge is 2.22. The minimum atomic E-state index is 0.136. The predicted molar refractivity (Wildman–Crippen MR) is 123 cm³/mol. The van der Waals surface area contributed by atoms with Gasteiger partial charge in [-0.1, -0.05) is 36.4 Å². The van der Waals surface area contributed by atoms with Crippen LogP contribution in [0.5, 0.6) is 0 Å². The Kier molecular flexibility index (Phi) is 4.90. The number of hydrogen-bond donors (Lipinski definition) is 1. The monoisotopic (exact) mass is 411 g/mol. The summed E-state index contributed by atoms with van der Waals surface area (Å²) in [6.07, 6.45) is 3.42. The van der Waals surface area contributed by atoms with Crippen LogP contribution in [-0.4, -0.2) is 27.0 Å². The molecule has 1 atom stereocenters. The number of amides is 1. The Labute approximate surface area is 181 Å². The molecular formula is C25H25N5O. The molecule has 6 nitrogen and oxygen atoms in total. The zero-order valence-electron chi connectivity index (χ0n) is 17.7. The molecule has 2 aromatic heterocycles. The van der Waals surface area contributed by atoms with Crippen LogP contribution < -0.4 is 10.2 Å². The van der Waals surface area contributed by atoms with Gasteiger partial charge >= 0.3 is 0 Å². The van der Waals surface area contributed by atoms with Crippen molar-refractivity contribution in [1.29, 1.82) is 0 Å². The molecule has 1 aliphatic heterocycles. The molecule has 3 heterocycles. The Balaban J connectivity index is 1.46. The molecule has 1 N–H and O–H groups in total. The first kappa shape index (κ1) is 19.3. The zero-order valence-corrected chi connectivity index (χ0v) is 17.7. The van der Waals surface area contributed by atoms with Gasteiger partial charge in [-0.05, 0) is 55.7 Å². The van der Waals surface area contributed by atoms with Crippen molar-refractivity contribution in [2.24, 2.45) is 0 Å². The second-order valence-electron chi connectivity index (χ2n) is 8.06. The normalized spacial score (nSPS) is 14.9. The molecule has 156 valence electrons. The van der Waals surface area contributed by atoms with Crippen molar-refractivity contribution in [3.05, 3.63) is 78.0 Å². The third-order valence-electron chi connectivity index (χ3n) is 5.90. The van der Waals surface area contributed by atoms with Crippen molar-refractivity contribution in [2.45, 2.75) is 32.7 Å². The van der Waals surface area contributed by atoms with Crippen LogP contribution in [0.4, 0.5) is 11.5 Å². The first-order valence-electron chi connectivity index (χ1n) is 10.7. The number of aryl methyl sites for hydroxylation is 1. The lowest BCUT2D eigenvalue weighted by Gasteiger charge is -2.18. The maximum Gasteiger partial charge on any atom is 0.227 e. The summed E-state index contributed by atoms with van der Waals surface area (Å²) in [5.41, 5.74) is 6.05. The number of imidazole rings is 1. The molecule has 4 aromatic rings. The van der Waals surface area contributed by atoms with E-state index >= 15 is 0 Å². The molecular weight excluding hydrogens is 386 g/mol. The SMILES string of the molecule is Cc1cc(N2CCCC2=O)ccc1-c1cnc2ccc(NC(C)c3ccccc3)nn12. The van der Waals surface area contributed by atoms with Gasteiger partial charge in [-0.25, -0.2) is 9.50 Å². The summed E-state index contributed by atoms with van der Waals surface area (Å²) in [6.45, 7) is 4.99. The number of aromatic nitrogens is 3. The lowest BCUT2D eigenvalue weighted by Crippen LogP contribution is -2.23. The van der Waals surface area contributed by atoms with Gasteiger partial charge in [0.25, 0.3) is 0 Å². The highest BCUT2D eigenvalue weighted by atomic mass is 16.2. The Morgan fingerprint density at radius 2 is 1.90 bits per heavy atom. The highest BCUT2D eigenvalue weighted by Crippen LogP contribution is 2.30. The predicted octanol–water partition coefficient (Wildman–Crippen LogP) is 5.00. The number of nitrogens with one attached hydrogen (secondary N) is 1. The van der Waals surface area contributed by atoms with E-state index in [1.165, 1.54) is 5.56 Å². The number of benzene rings is 2. The topological polar surface area (TPSA) is 62.5 Å². The zero-order chi connectivity index (χ0) is 21.4. The largest absolute Gasteiger partial charge is 0.362 e. The van der Waals surface area contributed by atoms with E-state index in [0.29, 0.717) is 6.42 Å². The molecule has 0 bridgehead atoms. The molecule has 1 saturated heterocycles. The smallest absolute Gasteiger partial charge is 0.227 e. The van der Waals surface area contributed by atoms with Gasteiger partial charge in [0.15, 0.2) is 5.65 Å². The van der Waals surface area contributed by atoms with E-state index in [4.69, 9.17) is 5.10 Å². The van der Waals surface area contributed by atoms with Crippen LogP contribution in [0.2, 0.25) is 0 Å². The van der Waals surface area contributed by atoms with E-state index in [1.807, 2.05) is 52.0 Å². The maximum atomic E-state index is 12.1. The molecule has 6 heteroatoms. The van der Waals surface area contributed by atoms with Crippen molar-refractivity contribution in [3.63, 3.8) is 0 Å². The average molecular weight is 412 g/mol. The molecule has 31 heavy (non-hydrogen) atoms. The fourth-order valence-electron chi connectivity index (χ4n) is 4.21. The molecule has 5 rings (SSSR count). The summed E-state index contributed by atoms with van der Waals surface area (Å²) in [6, 6.07) is 20.5. The lowest BCUT2D eigenvalue weighted by atomic mass is 10.1. The Morgan fingerprint density at radius 3 is 2.65 bits per heavy atom. The maximum absolute atomic E-state index is 12.1. The van der Waals surface area contributed by atoms with Crippen molar-refractivity contribution < 1.29 is 4.79 Å². The first-order valence-corrected chi connectivity index (χ1v) is 10.7. The van der Waals surface area contributed by atoms with E-state index < -0.39 is 0 Å². The minimum Gasteiger partial charge on any atom is -0.362 e. The standard InChI is InChI=1S/C25H25N5O/c1-17-15-20(29-14-6-9-25(29)31)10-11-21(17)22-16-26-24-13-12-23(28-30(22)24)27-18(2)19-7-4-3-5-8-19/h3-5,7-8,10-13,15-16,18H,6,9,14H2,1-2H3,(H,27,28). The number of nitrogens with zero attached hydrogens (tertiary/aromatic N) is 4. The summed E-state index contributed by atoms with van der Waals surface area (Å²) in [7, 11) is 0. The molecule has 2 aromatic carbocycles. The highest BCUT2D eigenvalue weighted by molar-refractivity contribution is 5.95. The number of carbonyl (C=O) groups excluding carboxylic acids is 1. The molecule has 0 aliphatic carbocycles. The van der Waals surface area contributed by atoms with Crippen molar-refractivity contribution in [1.82, 2.24) is 14.6 Å². The quantitative estimate of drug-likeness (QED) is 0.502. The molecule has 0 saturated carbocycles. The van der Waals surface area contributed by atoms with Crippen LogP contribution in [0.25, 0.3) is 16.9 Å². The van der Waals surface area contributed by atoms with Gasteiger partial charge in [0.1, 0.15) is 5.82 Å². The van der Waals surface area contributed by atoms with Crippen LogP contribution in [0, 0.1) is 6.92 Å².